The highest BCUT2D eigenvalue weighted by Gasteiger charge is 2.36. The fraction of sp³-hybridized carbons (Fsp3) is 0.0833. The van der Waals surface area contributed by atoms with Gasteiger partial charge in [0.15, 0.2) is 5.69 Å². The first-order valence-corrected chi connectivity index (χ1v) is 5.77. The molecule has 0 radical (unpaired) electrons. The highest BCUT2D eigenvalue weighted by atomic mass is 35.5. The van der Waals surface area contributed by atoms with E-state index >= 15 is 0 Å². The number of nitrogens with zero attached hydrogens (tertiary/aromatic N) is 1. The molecule has 100 valence electrons. The molecule has 0 aliphatic carbocycles. The predicted molar refractivity (Wildman–Crippen MR) is 66.4 cm³/mol. The van der Waals surface area contributed by atoms with E-state index in [4.69, 9.17) is 23.2 Å². The molecule has 19 heavy (non-hydrogen) atoms. The highest BCUT2D eigenvalue weighted by Crippen LogP contribution is 2.36. The Balaban J connectivity index is 2.54. The maximum atomic E-state index is 12.6. The number of halogens is 5. The van der Waals surface area contributed by atoms with Crippen molar-refractivity contribution in [2.45, 2.75) is 6.18 Å². The minimum absolute atomic E-state index is 0.0451. The molecule has 0 aliphatic rings. The molecule has 0 atom stereocenters. The molecule has 2 aromatic rings. The van der Waals surface area contributed by atoms with Crippen molar-refractivity contribution in [2.75, 3.05) is 0 Å². The number of rotatable bonds is 1. The second-order valence-corrected chi connectivity index (χ2v) is 4.51. The van der Waals surface area contributed by atoms with Gasteiger partial charge in [-0.15, -0.1) is 0 Å². The van der Waals surface area contributed by atoms with E-state index in [9.17, 15) is 18.3 Å². The molecule has 0 bridgehead atoms. The van der Waals surface area contributed by atoms with Crippen LogP contribution >= 0.6 is 23.2 Å². The van der Waals surface area contributed by atoms with Crippen molar-refractivity contribution in [3.8, 4) is 17.0 Å². The number of aromatic hydroxyl groups is 1. The fourth-order valence-electron chi connectivity index (χ4n) is 1.48. The van der Waals surface area contributed by atoms with Gasteiger partial charge in [-0.1, -0.05) is 29.3 Å². The van der Waals surface area contributed by atoms with Crippen LogP contribution in [-0.4, -0.2) is 10.1 Å². The third-order valence-corrected chi connectivity index (χ3v) is 3.10. The van der Waals surface area contributed by atoms with E-state index in [1.807, 2.05) is 0 Å². The summed E-state index contributed by atoms with van der Waals surface area (Å²) >= 11 is 11.5. The van der Waals surface area contributed by atoms with Crippen LogP contribution in [0.5, 0.6) is 5.75 Å². The summed E-state index contributed by atoms with van der Waals surface area (Å²) in [7, 11) is 0. The summed E-state index contributed by atoms with van der Waals surface area (Å²) in [6, 6.07) is 6.57. The molecule has 2 nitrogen and oxygen atoms in total. The van der Waals surface area contributed by atoms with Crippen LogP contribution in [0.2, 0.25) is 10.0 Å². The summed E-state index contributed by atoms with van der Waals surface area (Å²) in [6.45, 7) is 0. The maximum absolute atomic E-state index is 12.6. The second-order valence-electron chi connectivity index (χ2n) is 3.69. The molecule has 2 rings (SSSR count). The topological polar surface area (TPSA) is 33.1 Å². The first-order chi connectivity index (χ1) is 8.79. The third kappa shape index (κ3) is 2.93. The van der Waals surface area contributed by atoms with Gasteiger partial charge in [0.2, 0.25) is 0 Å². The van der Waals surface area contributed by atoms with Crippen LogP contribution in [0.15, 0.2) is 30.3 Å². The molecular formula is C12H6Cl2F3NO. The van der Waals surface area contributed by atoms with Crippen molar-refractivity contribution in [2.24, 2.45) is 0 Å². The SMILES string of the molecule is Oc1ccc(-c2ccc(Cl)c(Cl)c2)nc1C(F)(F)F. The zero-order valence-corrected chi connectivity index (χ0v) is 10.7. The monoisotopic (exact) mass is 307 g/mol. The molecule has 0 fully saturated rings. The smallest absolute Gasteiger partial charge is 0.437 e. The standard InChI is InChI=1S/C12H6Cl2F3NO/c13-7-2-1-6(5-8(7)14)9-3-4-10(19)11(18-9)12(15,16)17/h1-5,19H. The Bertz CT molecular complexity index is 629. The van der Waals surface area contributed by atoms with Gasteiger partial charge >= 0.3 is 6.18 Å². The maximum Gasteiger partial charge on any atom is 0.437 e. The van der Waals surface area contributed by atoms with Crippen LogP contribution in [0.3, 0.4) is 0 Å². The molecule has 1 N–H and O–H groups in total. The van der Waals surface area contributed by atoms with E-state index in [2.05, 4.69) is 4.98 Å². The van der Waals surface area contributed by atoms with Gasteiger partial charge in [0, 0.05) is 5.56 Å². The highest BCUT2D eigenvalue weighted by molar-refractivity contribution is 6.42. The minimum atomic E-state index is -4.73. The zero-order chi connectivity index (χ0) is 14.2. The van der Waals surface area contributed by atoms with Gasteiger partial charge in [0.25, 0.3) is 0 Å². The lowest BCUT2D eigenvalue weighted by atomic mass is 10.1. The quantitative estimate of drug-likeness (QED) is 0.822. The van der Waals surface area contributed by atoms with E-state index in [1.54, 1.807) is 0 Å². The van der Waals surface area contributed by atoms with Crippen LogP contribution in [0.25, 0.3) is 11.3 Å². The molecule has 0 saturated carbocycles. The lowest BCUT2D eigenvalue weighted by Gasteiger charge is -2.10. The van der Waals surface area contributed by atoms with Crippen molar-refractivity contribution in [1.82, 2.24) is 4.98 Å². The third-order valence-electron chi connectivity index (χ3n) is 2.36. The normalized spacial score (nSPS) is 11.6. The second kappa shape index (κ2) is 4.90. The summed E-state index contributed by atoms with van der Waals surface area (Å²) in [5, 5.41) is 9.69. The Labute approximate surface area is 116 Å². The summed E-state index contributed by atoms with van der Waals surface area (Å²) in [6.07, 6.45) is -4.73. The van der Waals surface area contributed by atoms with Gasteiger partial charge in [0.1, 0.15) is 5.75 Å². The van der Waals surface area contributed by atoms with Crippen LogP contribution in [0, 0.1) is 0 Å². The minimum Gasteiger partial charge on any atom is -0.506 e. The van der Waals surface area contributed by atoms with Gasteiger partial charge in [-0.3, -0.25) is 0 Å². The average Bonchev–Trinajstić information content (AvgIpc) is 2.32. The molecule has 7 heteroatoms. The molecule has 0 spiro atoms. The zero-order valence-electron chi connectivity index (χ0n) is 9.17. The van der Waals surface area contributed by atoms with E-state index in [0.717, 1.165) is 6.07 Å². The molecule has 0 aliphatic heterocycles. The number of benzene rings is 1. The van der Waals surface area contributed by atoms with Crippen LogP contribution in [-0.2, 0) is 6.18 Å². The summed E-state index contributed by atoms with van der Waals surface area (Å²) in [4.78, 5) is 3.41. The van der Waals surface area contributed by atoms with E-state index < -0.39 is 17.6 Å². The molecule has 0 saturated heterocycles. The van der Waals surface area contributed by atoms with Crippen molar-refractivity contribution < 1.29 is 18.3 Å². The van der Waals surface area contributed by atoms with Crippen LogP contribution < -0.4 is 0 Å². The van der Waals surface area contributed by atoms with Gasteiger partial charge in [-0.2, -0.15) is 13.2 Å². The first kappa shape index (κ1) is 14.0. The summed E-state index contributed by atoms with van der Waals surface area (Å²) < 4.78 is 37.9. The largest absolute Gasteiger partial charge is 0.506 e. The summed E-state index contributed by atoms with van der Waals surface area (Å²) in [5.74, 6) is -0.920. The molecule has 1 aromatic heterocycles. The van der Waals surface area contributed by atoms with Gasteiger partial charge in [-0.25, -0.2) is 4.98 Å². The van der Waals surface area contributed by atoms with Crippen molar-refractivity contribution in [3.63, 3.8) is 0 Å². The van der Waals surface area contributed by atoms with Crippen molar-refractivity contribution in [3.05, 3.63) is 46.1 Å². The number of alkyl halides is 3. The van der Waals surface area contributed by atoms with E-state index in [-0.39, 0.29) is 10.7 Å². The van der Waals surface area contributed by atoms with Gasteiger partial charge in [-0.05, 0) is 24.3 Å². The summed E-state index contributed by atoms with van der Waals surface area (Å²) in [5.41, 5.74) is -0.917. The Morgan fingerprint density at radius 3 is 2.26 bits per heavy atom. The lowest BCUT2D eigenvalue weighted by molar-refractivity contribution is -0.142. The lowest BCUT2D eigenvalue weighted by Crippen LogP contribution is -2.08. The molecule has 0 amide bonds. The van der Waals surface area contributed by atoms with Crippen molar-refractivity contribution in [1.29, 1.82) is 0 Å². The van der Waals surface area contributed by atoms with Gasteiger partial charge < -0.3 is 5.11 Å². The van der Waals surface area contributed by atoms with E-state index in [1.165, 1.54) is 24.3 Å². The van der Waals surface area contributed by atoms with Crippen LogP contribution in [0.4, 0.5) is 13.2 Å². The van der Waals surface area contributed by atoms with Crippen LogP contribution in [0.1, 0.15) is 5.69 Å². The Morgan fingerprint density at radius 2 is 1.68 bits per heavy atom. The Morgan fingerprint density at radius 1 is 1.00 bits per heavy atom. The Kier molecular flexibility index (Phi) is 3.60. The number of pyridine rings is 1. The average molecular weight is 308 g/mol. The molecule has 1 heterocycles. The molecule has 0 unspecified atom stereocenters. The predicted octanol–water partition coefficient (Wildman–Crippen LogP) is 4.78. The molecular weight excluding hydrogens is 302 g/mol. The van der Waals surface area contributed by atoms with Gasteiger partial charge in [0.05, 0.1) is 15.7 Å². The van der Waals surface area contributed by atoms with Crippen molar-refractivity contribution >= 4 is 23.2 Å². The number of hydrogen-bond acceptors (Lipinski definition) is 2. The number of aromatic nitrogens is 1. The van der Waals surface area contributed by atoms with E-state index in [0.29, 0.717) is 10.6 Å². The number of hydrogen-bond donors (Lipinski definition) is 1. The Hall–Kier alpha value is -1.46. The first-order valence-electron chi connectivity index (χ1n) is 5.01. The fourth-order valence-corrected chi connectivity index (χ4v) is 1.77. The molecule has 1 aromatic carbocycles.